The molecule has 0 fully saturated rings. The molecule has 0 spiro atoms. The third-order valence-electron chi connectivity index (χ3n) is 3.52. The van der Waals surface area contributed by atoms with E-state index in [1.54, 1.807) is 12.1 Å². The van der Waals surface area contributed by atoms with E-state index in [2.05, 4.69) is 10.0 Å². The summed E-state index contributed by atoms with van der Waals surface area (Å²) in [5.74, 6) is -0.578. The van der Waals surface area contributed by atoms with Crippen molar-refractivity contribution in [1.82, 2.24) is 4.72 Å². The van der Waals surface area contributed by atoms with Gasteiger partial charge in [0.1, 0.15) is 0 Å². The van der Waals surface area contributed by atoms with E-state index in [0.29, 0.717) is 6.42 Å². The Morgan fingerprint density at radius 2 is 1.74 bits per heavy atom. The Balaban J connectivity index is 2.04. The zero-order chi connectivity index (χ0) is 20.2. The molecule has 2 aromatic carbocycles. The average Bonchev–Trinajstić information content (AvgIpc) is 2.55. The molecule has 2 rings (SSSR count). The van der Waals surface area contributed by atoms with Gasteiger partial charge in [-0.2, -0.15) is 13.2 Å². The maximum absolute atomic E-state index is 12.9. The number of alkyl halides is 3. The van der Waals surface area contributed by atoms with E-state index in [1.165, 1.54) is 18.2 Å². The third kappa shape index (κ3) is 6.53. The number of amides is 1. The van der Waals surface area contributed by atoms with Crippen LogP contribution >= 0.6 is 11.6 Å². The quantitative estimate of drug-likeness (QED) is 0.748. The number of rotatable bonds is 6. The van der Waals surface area contributed by atoms with Gasteiger partial charge in [0.05, 0.1) is 16.8 Å². The van der Waals surface area contributed by atoms with Crippen LogP contribution in [0.1, 0.15) is 21.5 Å². The maximum atomic E-state index is 12.9. The molecule has 0 aliphatic carbocycles. The molecule has 0 saturated heterocycles. The lowest BCUT2D eigenvalue weighted by molar-refractivity contribution is -0.137. The van der Waals surface area contributed by atoms with Gasteiger partial charge in [0, 0.05) is 17.8 Å². The Bertz CT molecular complexity index is 929. The number of hydrogen-bond donors (Lipinski definition) is 2. The van der Waals surface area contributed by atoms with Gasteiger partial charge in [-0.05, 0) is 42.3 Å². The molecule has 0 bridgehead atoms. The Morgan fingerprint density at radius 1 is 1.11 bits per heavy atom. The van der Waals surface area contributed by atoms with Crippen molar-refractivity contribution in [3.63, 3.8) is 0 Å². The molecule has 2 aromatic rings. The molecule has 0 unspecified atom stereocenters. The maximum Gasteiger partial charge on any atom is 0.417 e. The normalized spacial score (nSPS) is 12.0. The SMILES string of the molecule is CS(=O)(=O)NCCc1ccc(C(=O)Nc2ccc(Cl)c(C(F)(F)F)c2)cc1. The van der Waals surface area contributed by atoms with E-state index in [0.717, 1.165) is 24.0 Å². The Labute approximate surface area is 159 Å². The van der Waals surface area contributed by atoms with Crippen LogP contribution in [0.2, 0.25) is 5.02 Å². The second-order valence-electron chi connectivity index (χ2n) is 5.76. The number of carbonyl (C=O) groups is 1. The first-order valence-electron chi connectivity index (χ1n) is 7.67. The summed E-state index contributed by atoms with van der Waals surface area (Å²) in [5, 5.41) is 1.94. The van der Waals surface area contributed by atoms with Crippen molar-refractivity contribution in [2.24, 2.45) is 0 Å². The molecule has 0 atom stereocenters. The van der Waals surface area contributed by atoms with Crippen molar-refractivity contribution in [3.05, 3.63) is 64.2 Å². The fourth-order valence-corrected chi connectivity index (χ4v) is 2.92. The Kier molecular flexibility index (Phi) is 6.50. The predicted molar refractivity (Wildman–Crippen MR) is 97.4 cm³/mol. The van der Waals surface area contributed by atoms with Crippen molar-refractivity contribution < 1.29 is 26.4 Å². The van der Waals surface area contributed by atoms with Crippen LogP contribution in [0.25, 0.3) is 0 Å². The first-order valence-corrected chi connectivity index (χ1v) is 9.94. The molecule has 0 aromatic heterocycles. The highest BCUT2D eigenvalue weighted by Crippen LogP contribution is 2.36. The number of halogens is 4. The first kappa shape index (κ1) is 21.2. The fourth-order valence-electron chi connectivity index (χ4n) is 2.23. The minimum absolute atomic E-state index is 0.0295. The molecular formula is C17H16ClF3N2O3S. The summed E-state index contributed by atoms with van der Waals surface area (Å²) in [5.41, 5.74) is -0.0132. The van der Waals surface area contributed by atoms with Crippen LogP contribution in [0.4, 0.5) is 18.9 Å². The van der Waals surface area contributed by atoms with Gasteiger partial charge in [0.2, 0.25) is 10.0 Å². The van der Waals surface area contributed by atoms with Crippen molar-refractivity contribution in [3.8, 4) is 0 Å². The molecule has 0 aliphatic heterocycles. The molecule has 0 radical (unpaired) electrons. The summed E-state index contributed by atoms with van der Waals surface area (Å²) in [7, 11) is -3.27. The highest BCUT2D eigenvalue weighted by atomic mass is 35.5. The minimum Gasteiger partial charge on any atom is -0.322 e. The number of hydrogen-bond acceptors (Lipinski definition) is 3. The standard InChI is InChI=1S/C17H16ClF3N2O3S/c1-27(25,26)22-9-8-11-2-4-12(5-3-11)16(24)23-13-6-7-15(18)14(10-13)17(19,20)21/h2-7,10,22H,8-9H2,1H3,(H,23,24). The van der Waals surface area contributed by atoms with Gasteiger partial charge >= 0.3 is 6.18 Å². The highest BCUT2D eigenvalue weighted by Gasteiger charge is 2.33. The van der Waals surface area contributed by atoms with Gasteiger partial charge in [-0.25, -0.2) is 13.1 Å². The summed E-state index contributed by atoms with van der Waals surface area (Å²) in [6.45, 7) is 0.218. The zero-order valence-electron chi connectivity index (χ0n) is 14.1. The molecule has 0 saturated carbocycles. The lowest BCUT2D eigenvalue weighted by Crippen LogP contribution is -2.24. The summed E-state index contributed by atoms with van der Waals surface area (Å²) in [6, 6.07) is 9.41. The van der Waals surface area contributed by atoms with Crippen LogP contribution in [0.5, 0.6) is 0 Å². The molecule has 0 aliphatic rings. The van der Waals surface area contributed by atoms with Crippen LogP contribution in [-0.2, 0) is 22.6 Å². The van der Waals surface area contributed by atoms with Gasteiger partial charge in [0.25, 0.3) is 5.91 Å². The van der Waals surface area contributed by atoms with Gasteiger partial charge in [-0.1, -0.05) is 23.7 Å². The second-order valence-corrected chi connectivity index (χ2v) is 8.00. The fraction of sp³-hybridized carbons (Fsp3) is 0.235. The van der Waals surface area contributed by atoms with Gasteiger partial charge < -0.3 is 5.32 Å². The van der Waals surface area contributed by atoms with Gasteiger partial charge in [-0.3, -0.25) is 4.79 Å². The molecule has 5 nitrogen and oxygen atoms in total. The largest absolute Gasteiger partial charge is 0.417 e. The van der Waals surface area contributed by atoms with E-state index >= 15 is 0 Å². The number of nitrogens with one attached hydrogen (secondary N) is 2. The molecule has 27 heavy (non-hydrogen) atoms. The van der Waals surface area contributed by atoms with Crippen LogP contribution in [0, 0.1) is 0 Å². The van der Waals surface area contributed by atoms with E-state index in [-0.39, 0.29) is 17.8 Å². The second kappa shape index (κ2) is 8.28. The van der Waals surface area contributed by atoms with E-state index in [1.807, 2.05) is 0 Å². The van der Waals surface area contributed by atoms with Crippen molar-refractivity contribution >= 4 is 33.2 Å². The highest BCUT2D eigenvalue weighted by molar-refractivity contribution is 7.88. The van der Waals surface area contributed by atoms with Crippen LogP contribution in [0.15, 0.2) is 42.5 Å². The number of benzene rings is 2. The van der Waals surface area contributed by atoms with Gasteiger partial charge in [0.15, 0.2) is 0 Å². The van der Waals surface area contributed by atoms with Crippen molar-refractivity contribution in [2.75, 3.05) is 18.1 Å². The summed E-state index contributed by atoms with van der Waals surface area (Å²) in [4.78, 5) is 12.2. The molecule has 1 amide bonds. The lowest BCUT2D eigenvalue weighted by Gasteiger charge is -2.12. The number of sulfonamides is 1. The average molecular weight is 421 g/mol. The monoisotopic (exact) mass is 420 g/mol. The van der Waals surface area contributed by atoms with Crippen LogP contribution in [-0.4, -0.2) is 27.1 Å². The van der Waals surface area contributed by atoms with Crippen LogP contribution in [0.3, 0.4) is 0 Å². The van der Waals surface area contributed by atoms with E-state index in [9.17, 15) is 26.4 Å². The van der Waals surface area contributed by atoms with E-state index in [4.69, 9.17) is 11.6 Å². The first-order chi connectivity index (χ1) is 12.5. The molecule has 0 heterocycles. The third-order valence-corrected chi connectivity index (χ3v) is 4.58. The van der Waals surface area contributed by atoms with Crippen LogP contribution < -0.4 is 10.0 Å². The topological polar surface area (TPSA) is 75.3 Å². The van der Waals surface area contributed by atoms with Crippen molar-refractivity contribution in [1.29, 1.82) is 0 Å². The Morgan fingerprint density at radius 3 is 2.30 bits per heavy atom. The van der Waals surface area contributed by atoms with Gasteiger partial charge in [-0.15, -0.1) is 0 Å². The van der Waals surface area contributed by atoms with E-state index < -0.39 is 32.7 Å². The summed E-state index contributed by atoms with van der Waals surface area (Å²) < 4.78 is 63.0. The smallest absolute Gasteiger partial charge is 0.322 e. The molecule has 2 N–H and O–H groups in total. The summed E-state index contributed by atoms with van der Waals surface area (Å²) >= 11 is 5.55. The molecule has 146 valence electrons. The minimum atomic E-state index is -4.63. The van der Waals surface area contributed by atoms with Crippen molar-refractivity contribution in [2.45, 2.75) is 12.6 Å². The number of carbonyl (C=O) groups excluding carboxylic acids is 1. The zero-order valence-corrected chi connectivity index (χ0v) is 15.7. The predicted octanol–water partition coefficient (Wildman–Crippen LogP) is 3.70. The molecular weight excluding hydrogens is 405 g/mol. The summed E-state index contributed by atoms with van der Waals surface area (Å²) in [6.07, 6.45) is -3.14. The Hall–Kier alpha value is -2.10. The molecule has 10 heteroatoms. The lowest BCUT2D eigenvalue weighted by atomic mass is 10.1. The number of anilines is 1.